The first-order valence-corrected chi connectivity index (χ1v) is 5.41. The highest BCUT2D eigenvalue weighted by Gasteiger charge is 2.04. The number of ketones is 1. The number of halogens is 1. The Morgan fingerprint density at radius 3 is 2.76 bits per heavy atom. The molecule has 0 saturated carbocycles. The Balaban J connectivity index is 2.00. The summed E-state index contributed by atoms with van der Waals surface area (Å²) in [5.41, 5.74) is 0.670. The van der Waals surface area contributed by atoms with Gasteiger partial charge in [0.2, 0.25) is 0 Å². The minimum Gasteiger partial charge on any atom is -0.370 e. The molecular weight excluding hydrogens is 219 g/mol. The Kier molecular flexibility index (Phi) is 3.55. The van der Waals surface area contributed by atoms with Crippen molar-refractivity contribution in [1.29, 1.82) is 0 Å². The molecule has 3 nitrogen and oxygen atoms in total. The van der Waals surface area contributed by atoms with Gasteiger partial charge in [0.05, 0.1) is 0 Å². The first-order chi connectivity index (χ1) is 8.24. The number of hydrogen-bond acceptors (Lipinski definition) is 3. The Bertz CT molecular complexity index is 472. The molecule has 1 heterocycles. The fourth-order valence-corrected chi connectivity index (χ4v) is 1.54. The molecular formula is C13H13FN2O. The van der Waals surface area contributed by atoms with Crippen molar-refractivity contribution in [2.24, 2.45) is 0 Å². The lowest BCUT2D eigenvalue weighted by atomic mass is 10.2. The van der Waals surface area contributed by atoms with Gasteiger partial charge in [-0.15, -0.1) is 0 Å². The molecule has 2 rings (SSSR count). The zero-order valence-electron chi connectivity index (χ0n) is 9.24. The Morgan fingerprint density at radius 2 is 2.06 bits per heavy atom. The molecule has 1 aliphatic heterocycles. The molecule has 2 N–H and O–H groups in total. The van der Waals surface area contributed by atoms with E-state index in [0.29, 0.717) is 5.56 Å². The first-order valence-electron chi connectivity index (χ1n) is 5.41. The van der Waals surface area contributed by atoms with Crippen molar-refractivity contribution in [3.05, 3.63) is 53.6 Å². The third-order valence-corrected chi connectivity index (χ3v) is 2.33. The molecule has 1 fully saturated rings. The number of carbonyl (C=O) groups is 1. The van der Waals surface area contributed by atoms with Crippen LogP contribution in [0.4, 0.5) is 4.39 Å². The second-order valence-corrected chi connectivity index (χ2v) is 3.70. The van der Waals surface area contributed by atoms with Gasteiger partial charge in [0.15, 0.2) is 5.78 Å². The topological polar surface area (TPSA) is 41.1 Å². The molecule has 1 saturated heterocycles. The molecule has 1 aliphatic rings. The predicted octanol–water partition coefficient (Wildman–Crippen LogP) is 1.44. The minimum absolute atomic E-state index is 0.133. The average molecular weight is 232 g/mol. The molecule has 0 radical (unpaired) electrons. The van der Waals surface area contributed by atoms with Crippen LogP contribution in [0.15, 0.2) is 42.2 Å². The molecule has 1 aromatic rings. The fourth-order valence-electron chi connectivity index (χ4n) is 1.54. The van der Waals surface area contributed by atoms with Crippen molar-refractivity contribution in [3.8, 4) is 0 Å². The molecule has 0 aromatic heterocycles. The monoisotopic (exact) mass is 232 g/mol. The lowest BCUT2D eigenvalue weighted by molar-refractivity contribution is -0.110. The van der Waals surface area contributed by atoms with E-state index in [0.717, 1.165) is 18.9 Å². The van der Waals surface area contributed by atoms with Gasteiger partial charge in [-0.05, 0) is 23.8 Å². The number of allylic oxidation sites excluding steroid dienone is 2. The van der Waals surface area contributed by atoms with Crippen LogP contribution >= 0.6 is 0 Å². The van der Waals surface area contributed by atoms with Gasteiger partial charge in [-0.3, -0.25) is 4.79 Å². The lowest BCUT2D eigenvalue weighted by Crippen LogP contribution is -2.11. The van der Waals surface area contributed by atoms with Crippen LogP contribution in [0.5, 0.6) is 0 Å². The zero-order valence-corrected chi connectivity index (χ0v) is 9.24. The van der Waals surface area contributed by atoms with Crippen LogP contribution < -0.4 is 10.6 Å². The van der Waals surface area contributed by atoms with E-state index in [4.69, 9.17) is 0 Å². The Labute approximate surface area is 99.0 Å². The second-order valence-electron chi connectivity index (χ2n) is 3.70. The summed E-state index contributed by atoms with van der Waals surface area (Å²) >= 11 is 0. The molecule has 0 aliphatic carbocycles. The van der Waals surface area contributed by atoms with E-state index >= 15 is 0 Å². The van der Waals surface area contributed by atoms with Gasteiger partial charge in [0, 0.05) is 19.2 Å². The number of rotatable bonds is 3. The number of hydrogen-bond donors (Lipinski definition) is 2. The summed E-state index contributed by atoms with van der Waals surface area (Å²) in [6.45, 7) is 1.65. The molecule has 0 bridgehead atoms. The highest BCUT2D eigenvalue weighted by Crippen LogP contribution is 2.05. The van der Waals surface area contributed by atoms with Crippen LogP contribution in [0.25, 0.3) is 6.08 Å². The zero-order chi connectivity index (χ0) is 12.1. The summed E-state index contributed by atoms with van der Waals surface area (Å²) in [5, 5.41) is 6.06. The van der Waals surface area contributed by atoms with Crippen LogP contribution in [-0.4, -0.2) is 18.9 Å². The van der Waals surface area contributed by atoms with Crippen LogP contribution in [0, 0.1) is 5.82 Å². The quantitative estimate of drug-likeness (QED) is 0.775. The van der Waals surface area contributed by atoms with Crippen molar-refractivity contribution in [2.75, 3.05) is 13.1 Å². The van der Waals surface area contributed by atoms with Gasteiger partial charge in [-0.25, -0.2) is 4.39 Å². The summed E-state index contributed by atoms with van der Waals surface area (Å²) in [6, 6.07) is 6.10. The lowest BCUT2D eigenvalue weighted by Gasteiger charge is -1.96. The molecule has 0 spiro atoms. The largest absolute Gasteiger partial charge is 0.370 e. The summed E-state index contributed by atoms with van der Waals surface area (Å²) < 4.78 is 12.9. The second kappa shape index (κ2) is 5.30. The molecule has 17 heavy (non-hydrogen) atoms. The molecule has 0 amide bonds. The van der Waals surface area contributed by atoms with Crippen LogP contribution in [0.1, 0.15) is 5.56 Å². The van der Waals surface area contributed by atoms with Crippen LogP contribution in [0.2, 0.25) is 0 Å². The third-order valence-electron chi connectivity index (χ3n) is 2.33. The fraction of sp³-hybridized carbons (Fsp3) is 0.154. The first kappa shape index (κ1) is 11.4. The Morgan fingerprint density at radius 1 is 1.29 bits per heavy atom. The van der Waals surface area contributed by atoms with Crippen LogP contribution in [0.3, 0.4) is 0 Å². The molecule has 4 heteroatoms. The molecule has 0 unspecified atom stereocenters. The highest BCUT2D eigenvalue weighted by molar-refractivity contribution is 6.02. The van der Waals surface area contributed by atoms with Gasteiger partial charge < -0.3 is 10.6 Å². The molecule has 1 aromatic carbocycles. The maximum atomic E-state index is 12.9. The molecule has 0 atom stereocenters. The maximum Gasteiger partial charge on any atom is 0.182 e. The summed E-state index contributed by atoms with van der Waals surface area (Å²) in [4.78, 5) is 11.5. The van der Waals surface area contributed by atoms with Crippen molar-refractivity contribution in [2.45, 2.75) is 0 Å². The van der Waals surface area contributed by atoms with E-state index in [9.17, 15) is 9.18 Å². The SMILES string of the molecule is O=C(C=C1NCCN1)/C=C/c1cccc(F)c1. The number of nitrogens with one attached hydrogen (secondary N) is 2. The van der Waals surface area contributed by atoms with E-state index in [2.05, 4.69) is 10.6 Å². The van der Waals surface area contributed by atoms with Gasteiger partial charge >= 0.3 is 0 Å². The number of benzene rings is 1. The van der Waals surface area contributed by atoms with Gasteiger partial charge in [0.1, 0.15) is 11.6 Å². The van der Waals surface area contributed by atoms with E-state index < -0.39 is 0 Å². The summed E-state index contributed by atoms with van der Waals surface area (Å²) in [5.74, 6) is 0.294. The normalized spacial score (nSPS) is 14.5. The van der Waals surface area contributed by atoms with E-state index in [1.165, 1.54) is 24.3 Å². The standard InChI is InChI=1S/C13H13FN2O/c14-11-3-1-2-10(8-11)4-5-12(17)9-13-15-6-7-16-13/h1-5,8-9,15-16H,6-7H2/b5-4+. The van der Waals surface area contributed by atoms with Crippen molar-refractivity contribution in [1.82, 2.24) is 10.6 Å². The van der Waals surface area contributed by atoms with Gasteiger partial charge in [-0.1, -0.05) is 18.2 Å². The summed E-state index contributed by atoms with van der Waals surface area (Å²) in [7, 11) is 0. The summed E-state index contributed by atoms with van der Waals surface area (Å²) in [6.07, 6.45) is 4.50. The average Bonchev–Trinajstić information content (AvgIpc) is 2.79. The molecule has 88 valence electrons. The van der Waals surface area contributed by atoms with E-state index in [1.54, 1.807) is 18.2 Å². The minimum atomic E-state index is -0.308. The van der Waals surface area contributed by atoms with Crippen molar-refractivity contribution >= 4 is 11.9 Å². The number of carbonyl (C=O) groups excluding carboxylic acids is 1. The van der Waals surface area contributed by atoms with Crippen LogP contribution in [-0.2, 0) is 4.79 Å². The van der Waals surface area contributed by atoms with E-state index in [1.807, 2.05) is 0 Å². The third kappa shape index (κ3) is 3.45. The van der Waals surface area contributed by atoms with Gasteiger partial charge in [0.25, 0.3) is 0 Å². The maximum absolute atomic E-state index is 12.9. The van der Waals surface area contributed by atoms with Crippen molar-refractivity contribution < 1.29 is 9.18 Å². The van der Waals surface area contributed by atoms with Gasteiger partial charge in [-0.2, -0.15) is 0 Å². The van der Waals surface area contributed by atoms with E-state index in [-0.39, 0.29) is 11.6 Å². The van der Waals surface area contributed by atoms with Crippen molar-refractivity contribution in [3.63, 3.8) is 0 Å². The Hall–Kier alpha value is -2.10. The highest BCUT2D eigenvalue weighted by atomic mass is 19.1. The smallest absolute Gasteiger partial charge is 0.182 e. The predicted molar refractivity (Wildman–Crippen MR) is 64.5 cm³/mol.